The van der Waals surface area contributed by atoms with Crippen LogP contribution in [0.1, 0.15) is 27.3 Å². The Morgan fingerprint density at radius 2 is 2.24 bits per heavy atom. The summed E-state index contributed by atoms with van der Waals surface area (Å²) in [4.78, 5) is 34.9. The highest BCUT2D eigenvalue weighted by Gasteiger charge is 2.22. The summed E-state index contributed by atoms with van der Waals surface area (Å²) in [6, 6.07) is 0. The third kappa shape index (κ3) is 1.98. The van der Waals surface area contributed by atoms with Crippen LogP contribution in [0.5, 0.6) is 0 Å². The van der Waals surface area contributed by atoms with E-state index in [0.29, 0.717) is 10.1 Å². The van der Waals surface area contributed by atoms with Gasteiger partial charge in [-0.1, -0.05) is 0 Å². The van der Waals surface area contributed by atoms with Crippen LogP contribution in [0.25, 0.3) is 4.96 Å². The molecule has 106 valence electrons. The lowest BCUT2D eigenvalue weighted by atomic mass is 10.3. The standard InChI is InChI=1S/C13H10N4O2S2/c18-10(16-12-14-4-5-20-12)7-6-15-13-17(11(7)19)8-2-1-3-9(8)21-13/h4-6H,1-3H2,(H,14,16,18). The van der Waals surface area contributed by atoms with Crippen molar-refractivity contribution in [1.82, 2.24) is 14.4 Å². The fourth-order valence-corrected chi connectivity index (χ4v) is 4.20. The lowest BCUT2D eigenvalue weighted by Gasteiger charge is -2.02. The molecule has 1 aliphatic carbocycles. The van der Waals surface area contributed by atoms with Crippen molar-refractivity contribution < 1.29 is 4.79 Å². The molecule has 4 rings (SSSR count). The molecule has 0 saturated heterocycles. The normalized spacial score (nSPS) is 13.5. The van der Waals surface area contributed by atoms with Gasteiger partial charge in [-0.15, -0.1) is 22.7 Å². The second-order valence-corrected chi connectivity index (χ2v) is 6.67. The van der Waals surface area contributed by atoms with Gasteiger partial charge in [0.25, 0.3) is 11.5 Å². The van der Waals surface area contributed by atoms with E-state index in [-0.39, 0.29) is 11.1 Å². The maximum Gasteiger partial charge on any atom is 0.271 e. The molecule has 0 saturated carbocycles. The molecule has 6 nitrogen and oxygen atoms in total. The summed E-state index contributed by atoms with van der Waals surface area (Å²) in [6.07, 6.45) is 5.86. The number of anilines is 1. The molecule has 0 bridgehead atoms. The largest absolute Gasteiger partial charge is 0.298 e. The van der Waals surface area contributed by atoms with E-state index < -0.39 is 5.91 Å². The van der Waals surface area contributed by atoms with Crippen molar-refractivity contribution in [2.45, 2.75) is 19.3 Å². The zero-order chi connectivity index (χ0) is 14.4. The predicted molar refractivity (Wildman–Crippen MR) is 81.4 cm³/mol. The van der Waals surface area contributed by atoms with Gasteiger partial charge >= 0.3 is 0 Å². The molecule has 1 amide bonds. The Hall–Kier alpha value is -2.06. The fraction of sp³-hybridized carbons (Fsp3) is 0.231. The summed E-state index contributed by atoms with van der Waals surface area (Å²) >= 11 is 2.84. The molecule has 0 aromatic carbocycles. The van der Waals surface area contributed by atoms with Crippen LogP contribution in [0.2, 0.25) is 0 Å². The zero-order valence-electron chi connectivity index (χ0n) is 10.8. The molecule has 0 atom stereocenters. The highest BCUT2D eigenvalue weighted by Crippen LogP contribution is 2.28. The third-order valence-electron chi connectivity index (χ3n) is 3.45. The van der Waals surface area contributed by atoms with E-state index in [2.05, 4.69) is 15.3 Å². The van der Waals surface area contributed by atoms with E-state index in [1.807, 2.05) is 0 Å². The SMILES string of the molecule is O=C(Nc1nccs1)c1cnc2sc3c(n2c1=O)CCC3. The van der Waals surface area contributed by atoms with Gasteiger partial charge < -0.3 is 0 Å². The molecular formula is C13H10N4O2S2. The quantitative estimate of drug-likeness (QED) is 0.783. The monoisotopic (exact) mass is 318 g/mol. The van der Waals surface area contributed by atoms with E-state index >= 15 is 0 Å². The van der Waals surface area contributed by atoms with Crippen LogP contribution >= 0.6 is 22.7 Å². The first-order valence-electron chi connectivity index (χ1n) is 6.47. The second-order valence-electron chi connectivity index (χ2n) is 4.71. The van der Waals surface area contributed by atoms with Gasteiger partial charge in [0.15, 0.2) is 10.1 Å². The molecule has 8 heteroatoms. The average Bonchev–Trinajstić information content (AvgIpc) is 3.14. The van der Waals surface area contributed by atoms with Gasteiger partial charge in [-0.3, -0.25) is 19.3 Å². The molecular weight excluding hydrogens is 308 g/mol. The van der Waals surface area contributed by atoms with E-state index in [1.54, 1.807) is 16.0 Å². The first kappa shape index (κ1) is 12.7. The van der Waals surface area contributed by atoms with E-state index in [4.69, 9.17) is 0 Å². The third-order valence-corrected chi connectivity index (χ3v) is 5.30. The van der Waals surface area contributed by atoms with Gasteiger partial charge in [-0.05, 0) is 19.3 Å². The summed E-state index contributed by atoms with van der Waals surface area (Å²) in [5.41, 5.74) is 0.764. The first-order valence-corrected chi connectivity index (χ1v) is 8.17. The van der Waals surface area contributed by atoms with Crippen LogP contribution < -0.4 is 10.9 Å². The number of rotatable bonds is 2. The lowest BCUT2D eigenvalue weighted by molar-refractivity contribution is 0.102. The number of amides is 1. The van der Waals surface area contributed by atoms with Crippen LogP contribution in [-0.2, 0) is 12.8 Å². The zero-order valence-corrected chi connectivity index (χ0v) is 12.5. The highest BCUT2D eigenvalue weighted by atomic mass is 32.1. The Bertz CT molecular complexity index is 895. The minimum Gasteiger partial charge on any atom is -0.298 e. The number of thiazole rings is 2. The molecule has 1 N–H and O–H groups in total. The summed E-state index contributed by atoms with van der Waals surface area (Å²) in [5.74, 6) is -0.463. The molecule has 3 aromatic heterocycles. The Labute approximate surface area is 127 Å². The number of aryl methyl sites for hydroxylation is 2. The number of nitrogens with one attached hydrogen (secondary N) is 1. The van der Waals surface area contributed by atoms with Crippen LogP contribution in [0.3, 0.4) is 0 Å². The smallest absolute Gasteiger partial charge is 0.271 e. The minimum absolute atomic E-state index is 0.0511. The Balaban J connectivity index is 1.81. The average molecular weight is 318 g/mol. The first-order chi connectivity index (χ1) is 10.2. The topological polar surface area (TPSA) is 76.4 Å². The van der Waals surface area contributed by atoms with Crippen molar-refractivity contribution in [1.29, 1.82) is 0 Å². The maximum absolute atomic E-state index is 12.6. The number of fused-ring (bicyclic) bond motifs is 3. The van der Waals surface area contributed by atoms with Gasteiger partial charge in [0.05, 0.1) is 0 Å². The maximum atomic E-state index is 12.6. The second kappa shape index (κ2) is 4.74. The minimum atomic E-state index is -0.463. The van der Waals surface area contributed by atoms with Crippen LogP contribution in [-0.4, -0.2) is 20.3 Å². The van der Waals surface area contributed by atoms with Gasteiger partial charge in [0.1, 0.15) is 5.56 Å². The Morgan fingerprint density at radius 1 is 1.33 bits per heavy atom. The molecule has 1 aliphatic rings. The number of aromatic nitrogens is 3. The molecule has 0 fully saturated rings. The van der Waals surface area contributed by atoms with Crippen molar-refractivity contribution in [3.05, 3.63) is 44.3 Å². The molecule has 0 radical (unpaired) electrons. The molecule has 3 heterocycles. The van der Waals surface area contributed by atoms with Crippen molar-refractivity contribution in [2.75, 3.05) is 5.32 Å². The van der Waals surface area contributed by atoms with Crippen molar-refractivity contribution in [3.63, 3.8) is 0 Å². The number of nitrogens with zero attached hydrogens (tertiary/aromatic N) is 3. The van der Waals surface area contributed by atoms with Crippen LogP contribution in [0.15, 0.2) is 22.6 Å². The van der Waals surface area contributed by atoms with E-state index in [0.717, 1.165) is 25.0 Å². The van der Waals surface area contributed by atoms with E-state index in [1.165, 1.54) is 33.7 Å². The fourth-order valence-electron chi connectivity index (χ4n) is 2.51. The molecule has 3 aromatic rings. The molecule has 21 heavy (non-hydrogen) atoms. The van der Waals surface area contributed by atoms with Crippen LogP contribution in [0.4, 0.5) is 5.13 Å². The van der Waals surface area contributed by atoms with Crippen molar-refractivity contribution in [3.8, 4) is 0 Å². The highest BCUT2D eigenvalue weighted by molar-refractivity contribution is 7.17. The summed E-state index contributed by atoms with van der Waals surface area (Å²) < 4.78 is 1.59. The van der Waals surface area contributed by atoms with Gasteiger partial charge in [-0.25, -0.2) is 9.97 Å². The number of carbonyl (C=O) groups is 1. The van der Waals surface area contributed by atoms with E-state index in [9.17, 15) is 9.59 Å². The predicted octanol–water partition coefficient (Wildman–Crippen LogP) is 1.95. The number of hydrogen-bond donors (Lipinski definition) is 1. The summed E-state index contributed by atoms with van der Waals surface area (Å²) in [6.45, 7) is 0. The molecule has 0 aliphatic heterocycles. The van der Waals surface area contributed by atoms with Gasteiger partial charge in [0.2, 0.25) is 0 Å². The Kier molecular flexibility index (Phi) is 2.86. The van der Waals surface area contributed by atoms with Crippen molar-refractivity contribution in [2.24, 2.45) is 0 Å². The van der Waals surface area contributed by atoms with Gasteiger partial charge in [-0.2, -0.15) is 0 Å². The number of carbonyl (C=O) groups excluding carboxylic acids is 1. The van der Waals surface area contributed by atoms with Gasteiger partial charge in [0, 0.05) is 28.3 Å². The number of hydrogen-bond acceptors (Lipinski definition) is 6. The van der Waals surface area contributed by atoms with Crippen molar-refractivity contribution >= 4 is 38.7 Å². The molecule has 0 unspecified atom stereocenters. The van der Waals surface area contributed by atoms with Crippen LogP contribution in [0, 0.1) is 0 Å². The lowest BCUT2D eigenvalue weighted by Crippen LogP contribution is -2.27. The summed E-state index contributed by atoms with van der Waals surface area (Å²) in [5, 5.41) is 4.85. The summed E-state index contributed by atoms with van der Waals surface area (Å²) in [7, 11) is 0. The Morgan fingerprint density at radius 3 is 3.05 bits per heavy atom. The molecule has 0 spiro atoms.